The van der Waals surface area contributed by atoms with Crippen LogP contribution in [-0.2, 0) is 11.3 Å². The molecule has 1 aromatic carbocycles. The van der Waals surface area contributed by atoms with E-state index in [0.717, 1.165) is 30.8 Å². The van der Waals surface area contributed by atoms with Gasteiger partial charge in [0, 0.05) is 29.8 Å². The molecule has 3 nitrogen and oxygen atoms in total. The van der Waals surface area contributed by atoms with Crippen LogP contribution in [0.2, 0.25) is 0 Å². The van der Waals surface area contributed by atoms with Crippen LogP contribution in [0.15, 0.2) is 30.5 Å². The van der Waals surface area contributed by atoms with Crippen LogP contribution in [-0.4, -0.2) is 22.5 Å². The Morgan fingerprint density at radius 2 is 2.17 bits per heavy atom. The molecule has 1 saturated carbocycles. The minimum absolute atomic E-state index is 0.307. The first-order valence-corrected chi connectivity index (χ1v) is 9.05. The zero-order valence-electron chi connectivity index (χ0n) is 14.3. The van der Waals surface area contributed by atoms with Gasteiger partial charge in [0.2, 0.25) is 0 Å². The Morgan fingerprint density at radius 1 is 1.25 bits per heavy atom. The molecule has 0 spiro atoms. The Kier molecular flexibility index (Phi) is 4.40. The number of ether oxygens (including phenoxy) is 1. The van der Waals surface area contributed by atoms with Gasteiger partial charge in [0.15, 0.2) is 0 Å². The fourth-order valence-electron chi connectivity index (χ4n) is 3.23. The van der Waals surface area contributed by atoms with Crippen LogP contribution in [0.1, 0.15) is 43.4 Å². The maximum Gasteiger partial charge on any atom is 0.0770 e. The van der Waals surface area contributed by atoms with Crippen molar-refractivity contribution in [3.05, 3.63) is 41.7 Å². The van der Waals surface area contributed by atoms with E-state index >= 15 is 0 Å². The maximum absolute atomic E-state index is 5.84. The summed E-state index contributed by atoms with van der Waals surface area (Å²) < 4.78 is 7.88. The largest absolute Gasteiger partial charge is 0.376 e. The normalized spacial score (nSPS) is 20.5. The van der Waals surface area contributed by atoms with Crippen LogP contribution in [0.4, 0.5) is 0 Å². The van der Waals surface area contributed by atoms with Crippen molar-refractivity contribution in [2.75, 3.05) is 6.61 Å². The molecule has 0 radical (unpaired) electrons. The van der Waals surface area contributed by atoms with Gasteiger partial charge in [0.1, 0.15) is 0 Å². The molecular formula is C21H24N2O. The summed E-state index contributed by atoms with van der Waals surface area (Å²) in [5, 5.41) is 4.70. The Labute approximate surface area is 144 Å². The van der Waals surface area contributed by atoms with Crippen LogP contribution in [0.5, 0.6) is 0 Å². The molecule has 2 heterocycles. The summed E-state index contributed by atoms with van der Waals surface area (Å²) in [5.41, 5.74) is 4.56. The summed E-state index contributed by atoms with van der Waals surface area (Å²) in [4.78, 5) is 0. The molecule has 0 unspecified atom stereocenters. The highest BCUT2D eigenvalue weighted by molar-refractivity contribution is 5.67. The molecule has 0 N–H and O–H groups in total. The molecule has 2 aromatic rings. The predicted molar refractivity (Wildman–Crippen MR) is 95.6 cm³/mol. The minimum atomic E-state index is 0.307. The number of hydrogen-bond acceptors (Lipinski definition) is 2. The van der Waals surface area contributed by atoms with E-state index in [1.807, 2.05) is 4.68 Å². The van der Waals surface area contributed by atoms with Gasteiger partial charge in [-0.3, -0.25) is 4.68 Å². The topological polar surface area (TPSA) is 27.1 Å². The van der Waals surface area contributed by atoms with Crippen molar-refractivity contribution < 1.29 is 4.74 Å². The number of hydrogen-bond donors (Lipinski definition) is 0. The van der Waals surface area contributed by atoms with Gasteiger partial charge < -0.3 is 4.74 Å². The smallest absolute Gasteiger partial charge is 0.0770 e. The highest BCUT2D eigenvalue weighted by Crippen LogP contribution is 2.28. The van der Waals surface area contributed by atoms with Crippen molar-refractivity contribution in [1.29, 1.82) is 0 Å². The molecular weight excluding hydrogens is 296 g/mol. The molecule has 3 heteroatoms. The van der Waals surface area contributed by atoms with Gasteiger partial charge in [-0.2, -0.15) is 5.10 Å². The van der Waals surface area contributed by atoms with Gasteiger partial charge in [-0.1, -0.05) is 24.0 Å². The molecule has 24 heavy (non-hydrogen) atoms. The van der Waals surface area contributed by atoms with Crippen molar-refractivity contribution in [1.82, 2.24) is 9.78 Å². The van der Waals surface area contributed by atoms with Crippen LogP contribution >= 0.6 is 0 Å². The Balaban J connectivity index is 1.53. The van der Waals surface area contributed by atoms with Crippen LogP contribution < -0.4 is 0 Å². The number of rotatable bonds is 3. The second kappa shape index (κ2) is 6.83. The van der Waals surface area contributed by atoms with Crippen molar-refractivity contribution in [2.45, 2.75) is 51.7 Å². The SMILES string of the molecule is Cc1nn(C[C@H]2CCCCO2)cc1-c1cccc(C#CC2CC2)c1. The molecule has 0 bridgehead atoms. The molecule has 1 saturated heterocycles. The monoisotopic (exact) mass is 320 g/mol. The van der Waals surface area contributed by atoms with Gasteiger partial charge in [0.25, 0.3) is 0 Å². The third-order valence-electron chi connectivity index (χ3n) is 4.78. The van der Waals surface area contributed by atoms with Gasteiger partial charge >= 0.3 is 0 Å². The number of aromatic nitrogens is 2. The highest BCUT2D eigenvalue weighted by Gasteiger charge is 2.18. The molecule has 0 amide bonds. The van der Waals surface area contributed by atoms with Crippen molar-refractivity contribution in [2.24, 2.45) is 5.92 Å². The second-order valence-corrected chi connectivity index (χ2v) is 6.96. The van der Waals surface area contributed by atoms with E-state index in [0.29, 0.717) is 12.0 Å². The molecule has 1 aromatic heterocycles. The summed E-state index contributed by atoms with van der Waals surface area (Å²) in [6.45, 7) is 3.82. The third-order valence-corrected chi connectivity index (χ3v) is 4.78. The van der Waals surface area contributed by atoms with E-state index in [9.17, 15) is 0 Å². The number of nitrogens with zero attached hydrogens (tertiary/aromatic N) is 2. The van der Waals surface area contributed by atoms with E-state index in [-0.39, 0.29) is 0 Å². The predicted octanol–water partition coefficient (Wildman–Crippen LogP) is 4.19. The fourth-order valence-corrected chi connectivity index (χ4v) is 3.23. The lowest BCUT2D eigenvalue weighted by Gasteiger charge is -2.22. The van der Waals surface area contributed by atoms with Crippen LogP contribution in [0.3, 0.4) is 0 Å². The van der Waals surface area contributed by atoms with E-state index < -0.39 is 0 Å². The second-order valence-electron chi connectivity index (χ2n) is 6.96. The van der Waals surface area contributed by atoms with Gasteiger partial charge in [-0.25, -0.2) is 0 Å². The standard InChI is InChI=1S/C21H24N2O/c1-16-21(15-23(22-16)14-20-7-2-3-12-24-20)19-6-4-5-18(13-19)11-10-17-8-9-17/h4-6,13,15,17,20H,2-3,7-9,12,14H2,1H3/t20-/m1/s1. The minimum Gasteiger partial charge on any atom is -0.376 e. The fraction of sp³-hybridized carbons (Fsp3) is 0.476. The third kappa shape index (κ3) is 3.71. The number of benzene rings is 1. The summed E-state index contributed by atoms with van der Waals surface area (Å²) in [6.07, 6.45) is 8.58. The van der Waals surface area contributed by atoms with Crippen LogP contribution in [0.25, 0.3) is 11.1 Å². The van der Waals surface area contributed by atoms with Gasteiger partial charge in [-0.05, 0) is 56.7 Å². The Hall–Kier alpha value is -2.05. The highest BCUT2D eigenvalue weighted by atomic mass is 16.5. The first-order chi connectivity index (χ1) is 11.8. The molecule has 2 fully saturated rings. The Bertz CT molecular complexity index is 771. The van der Waals surface area contributed by atoms with Crippen molar-refractivity contribution in [3.63, 3.8) is 0 Å². The molecule has 1 aliphatic carbocycles. The van der Waals surface area contributed by atoms with E-state index in [4.69, 9.17) is 9.84 Å². The number of aryl methyl sites for hydroxylation is 1. The quantitative estimate of drug-likeness (QED) is 0.793. The van der Waals surface area contributed by atoms with Gasteiger partial charge in [0.05, 0.1) is 18.3 Å². The average molecular weight is 320 g/mol. The lowest BCUT2D eigenvalue weighted by atomic mass is 10.0. The zero-order valence-corrected chi connectivity index (χ0v) is 14.3. The maximum atomic E-state index is 5.84. The van der Waals surface area contributed by atoms with Crippen molar-refractivity contribution in [3.8, 4) is 23.0 Å². The Morgan fingerprint density at radius 3 is 2.96 bits per heavy atom. The molecule has 1 aliphatic heterocycles. The van der Waals surface area contributed by atoms with Crippen molar-refractivity contribution >= 4 is 0 Å². The lowest BCUT2D eigenvalue weighted by molar-refractivity contribution is 0.00396. The zero-order chi connectivity index (χ0) is 16.4. The summed E-state index contributed by atoms with van der Waals surface area (Å²) >= 11 is 0. The lowest BCUT2D eigenvalue weighted by Crippen LogP contribution is -2.24. The first-order valence-electron chi connectivity index (χ1n) is 9.05. The average Bonchev–Trinajstić information content (AvgIpc) is 3.37. The summed E-state index contributed by atoms with van der Waals surface area (Å²) in [7, 11) is 0. The summed E-state index contributed by atoms with van der Waals surface area (Å²) in [6, 6.07) is 8.51. The molecule has 2 aliphatic rings. The molecule has 4 rings (SSSR count). The first kappa shape index (κ1) is 15.5. The van der Waals surface area contributed by atoms with E-state index in [2.05, 4.69) is 49.2 Å². The molecule has 124 valence electrons. The molecule has 1 atom stereocenters. The van der Waals surface area contributed by atoms with E-state index in [1.54, 1.807) is 0 Å². The van der Waals surface area contributed by atoms with Crippen LogP contribution in [0, 0.1) is 24.7 Å². The summed E-state index contributed by atoms with van der Waals surface area (Å²) in [5.74, 6) is 7.28. The van der Waals surface area contributed by atoms with E-state index in [1.165, 1.54) is 36.8 Å². The van der Waals surface area contributed by atoms with Gasteiger partial charge in [-0.15, -0.1) is 0 Å².